The summed E-state index contributed by atoms with van der Waals surface area (Å²) >= 11 is 0. The Kier molecular flexibility index (Phi) is 3.82. The molecule has 5 nitrogen and oxygen atoms in total. The average Bonchev–Trinajstić information content (AvgIpc) is 2.80. The molecule has 114 valence electrons. The van der Waals surface area contributed by atoms with E-state index in [0.717, 1.165) is 19.6 Å². The van der Waals surface area contributed by atoms with Crippen LogP contribution in [0.25, 0.3) is 11.1 Å². The summed E-state index contributed by atoms with van der Waals surface area (Å²) in [6.45, 7) is 7.05. The van der Waals surface area contributed by atoms with Gasteiger partial charge in [-0.15, -0.1) is 0 Å². The van der Waals surface area contributed by atoms with E-state index in [9.17, 15) is 9.50 Å². The van der Waals surface area contributed by atoms with Crippen molar-refractivity contribution in [3.05, 3.63) is 24.0 Å². The summed E-state index contributed by atoms with van der Waals surface area (Å²) in [6, 6.07) is 5.14. The predicted octanol–water partition coefficient (Wildman–Crippen LogP) is 1.86. The third kappa shape index (κ3) is 3.01. The number of aliphatic hydroxyl groups excluding tert-OH is 1. The Morgan fingerprint density at radius 2 is 2.29 bits per heavy atom. The fraction of sp³-hybridized carbons (Fsp3) is 0.533. The first kappa shape index (κ1) is 14.3. The van der Waals surface area contributed by atoms with E-state index in [2.05, 4.69) is 21.7 Å². The van der Waals surface area contributed by atoms with Crippen molar-refractivity contribution in [2.45, 2.75) is 26.0 Å². The summed E-state index contributed by atoms with van der Waals surface area (Å²) in [6.07, 6.45) is -0.323. The highest BCUT2D eigenvalue weighted by atomic mass is 19.1. The molecule has 0 amide bonds. The average molecular weight is 293 g/mol. The fourth-order valence-electron chi connectivity index (χ4n) is 2.87. The molecule has 1 aromatic heterocycles. The molecular formula is C15H20FN3O2. The Morgan fingerprint density at radius 1 is 1.48 bits per heavy atom. The molecule has 2 unspecified atom stereocenters. The van der Waals surface area contributed by atoms with E-state index in [1.54, 1.807) is 13.0 Å². The first-order valence-electron chi connectivity index (χ1n) is 7.26. The number of aliphatic hydroxyl groups is 1. The standard InChI is InChI=1S/C15H20FN3O2/c1-10-8-18(9-11(2)20)5-6-19(10)15-17-13-7-12(16)3-4-14(13)21-15/h3-4,7,10-11,20H,5-6,8-9H2,1-2H3. The van der Waals surface area contributed by atoms with E-state index in [0.29, 0.717) is 23.7 Å². The predicted molar refractivity (Wildman–Crippen MR) is 78.9 cm³/mol. The minimum atomic E-state index is -0.323. The second-order valence-electron chi connectivity index (χ2n) is 5.76. The number of nitrogens with zero attached hydrogens (tertiary/aromatic N) is 3. The van der Waals surface area contributed by atoms with E-state index < -0.39 is 0 Å². The van der Waals surface area contributed by atoms with Crippen molar-refractivity contribution in [3.63, 3.8) is 0 Å². The van der Waals surface area contributed by atoms with Gasteiger partial charge in [-0.1, -0.05) is 0 Å². The van der Waals surface area contributed by atoms with Crippen LogP contribution in [0.2, 0.25) is 0 Å². The number of aromatic nitrogens is 1. The molecule has 0 bridgehead atoms. The van der Waals surface area contributed by atoms with Gasteiger partial charge in [-0.05, 0) is 26.0 Å². The summed E-state index contributed by atoms with van der Waals surface area (Å²) < 4.78 is 18.9. The van der Waals surface area contributed by atoms with Gasteiger partial charge in [-0.3, -0.25) is 4.90 Å². The quantitative estimate of drug-likeness (QED) is 0.936. The van der Waals surface area contributed by atoms with Crippen LogP contribution in [0.5, 0.6) is 0 Å². The molecule has 0 saturated carbocycles. The third-order valence-corrected chi connectivity index (χ3v) is 3.82. The number of β-amino-alcohol motifs (C(OH)–C–C–N with tert-alkyl or cyclic N) is 1. The van der Waals surface area contributed by atoms with Gasteiger partial charge in [-0.25, -0.2) is 4.39 Å². The lowest BCUT2D eigenvalue weighted by molar-refractivity contribution is 0.113. The van der Waals surface area contributed by atoms with E-state index >= 15 is 0 Å². The van der Waals surface area contributed by atoms with Crippen LogP contribution in [-0.2, 0) is 0 Å². The number of fused-ring (bicyclic) bond motifs is 1. The van der Waals surface area contributed by atoms with Crippen molar-refractivity contribution in [2.24, 2.45) is 0 Å². The Labute approximate surface area is 123 Å². The maximum absolute atomic E-state index is 13.2. The molecule has 1 saturated heterocycles. The maximum Gasteiger partial charge on any atom is 0.298 e. The van der Waals surface area contributed by atoms with Crippen molar-refractivity contribution in [3.8, 4) is 0 Å². The van der Waals surface area contributed by atoms with E-state index in [-0.39, 0.29) is 18.0 Å². The van der Waals surface area contributed by atoms with Gasteiger partial charge in [0, 0.05) is 38.3 Å². The number of halogens is 1. The van der Waals surface area contributed by atoms with Crippen LogP contribution in [0.3, 0.4) is 0 Å². The zero-order valence-electron chi connectivity index (χ0n) is 12.3. The molecule has 6 heteroatoms. The molecular weight excluding hydrogens is 273 g/mol. The zero-order chi connectivity index (χ0) is 15.0. The van der Waals surface area contributed by atoms with Crippen LogP contribution < -0.4 is 4.90 Å². The minimum absolute atomic E-state index is 0.232. The van der Waals surface area contributed by atoms with Crippen LogP contribution in [0.15, 0.2) is 22.6 Å². The van der Waals surface area contributed by atoms with Gasteiger partial charge in [0.25, 0.3) is 6.01 Å². The van der Waals surface area contributed by atoms with Crippen LogP contribution in [0, 0.1) is 5.82 Å². The summed E-state index contributed by atoms with van der Waals surface area (Å²) in [5.74, 6) is -0.308. The van der Waals surface area contributed by atoms with Gasteiger partial charge >= 0.3 is 0 Å². The number of benzene rings is 1. The molecule has 0 spiro atoms. The van der Waals surface area contributed by atoms with Gasteiger partial charge in [0.2, 0.25) is 0 Å². The number of piperazine rings is 1. The van der Waals surface area contributed by atoms with E-state index in [4.69, 9.17) is 4.42 Å². The maximum atomic E-state index is 13.2. The topological polar surface area (TPSA) is 52.7 Å². The number of hydrogen-bond donors (Lipinski definition) is 1. The Morgan fingerprint density at radius 3 is 3.00 bits per heavy atom. The lowest BCUT2D eigenvalue weighted by Crippen LogP contribution is -2.53. The van der Waals surface area contributed by atoms with Gasteiger partial charge in [-0.2, -0.15) is 4.98 Å². The molecule has 1 N–H and O–H groups in total. The number of rotatable bonds is 3. The highest BCUT2D eigenvalue weighted by Crippen LogP contribution is 2.25. The highest BCUT2D eigenvalue weighted by Gasteiger charge is 2.27. The summed E-state index contributed by atoms with van der Waals surface area (Å²) in [5.41, 5.74) is 1.15. The second kappa shape index (κ2) is 5.61. The lowest BCUT2D eigenvalue weighted by Gasteiger charge is -2.39. The molecule has 0 radical (unpaired) electrons. The molecule has 3 rings (SSSR count). The fourth-order valence-corrected chi connectivity index (χ4v) is 2.87. The molecule has 1 aliphatic rings. The van der Waals surface area contributed by atoms with Crippen LogP contribution in [0.1, 0.15) is 13.8 Å². The van der Waals surface area contributed by atoms with E-state index in [1.807, 2.05) is 0 Å². The normalized spacial score (nSPS) is 21.9. The first-order chi connectivity index (χ1) is 10.0. The molecule has 2 atom stereocenters. The largest absolute Gasteiger partial charge is 0.423 e. The van der Waals surface area contributed by atoms with Crippen molar-refractivity contribution >= 4 is 17.1 Å². The summed E-state index contributed by atoms with van der Waals surface area (Å²) in [4.78, 5) is 8.71. The van der Waals surface area contributed by atoms with Crippen LogP contribution >= 0.6 is 0 Å². The zero-order valence-corrected chi connectivity index (χ0v) is 12.3. The molecule has 1 aromatic carbocycles. The van der Waals surface area contributed by atoms with Crippen molar-refractivity contribution in [2.75, 3.05) is 31.1 Å². The van der Waals surface area contributed by atoms with Crippen molar-refractivity contribution in [1.82, 2.24) is 9.88 Å². The Balaban J connectivity index is 1.77. The summed E-state index contributed by atoms with van der Waals surface area (Å²) in [5, 5.41) is 9.47. The molecule has 2 aromatic rings. The first-order valence-corrected chi connectivity index (χ1v) is 7.26. The summed E-state index contributed by atoms with van der Waals surface area (Å²) in [7, 11) is 0. The third-order valence-electron chi connectivity index (χ3n) is 3.82. The minimum Gasteiger partial charge on any atom is -0.423 e. The van der Waals surface area contributed by atoms with Crippen molar-refractivity contribution in [1.29, 1.82) is 0 Å². The van der Waals surface area contributed by atoms with Crippen LogP contribution in [-0.4, -0.2) is 53.3 Å². The second-order valence-corrected chi connectivity index (χ2v) is 5.76. The van der Waals surface area contributed by atoms with E-state index in [1.165, 1.54) is 12.1 Å². The smallest absolute Gasteiger partial charge is 0.298 e. The van der Waals surface area contributed by atoms with Crippen LogP contribution in [0.4, 0.5) is 10.4 Å². The van der Waals surface area contributed by atoms with Gasteiger partial charge in [0.05, 0.1) is 6.10 Å². The number of hydrogen-bond acceptors (Lipinski definition) is 5. The molecule has 0 aliphatic carbocycles. The monoisotopic (exact) mass is 293 g/mol. The Hall–Kier alpha value is -1.66. The number of oxazole rings is 1. The lowest BCUT2D eigenvalue weighted by atomic mass is 10.2. The molecule has 1 fully saturated rings. The Bertz CT molecular complexity index is 628. The molecule has 21 heavy (non-hydrogen) atoms. The molecule has 2 heterocycles. The van der Waals surface area contributed by atoms with Gasteiger partial charge in [0.15, 0.2) is 5.58 Å². The van der Waals surface area contributed by atoms with Crippen molar-refractivity contribution < 1.29 is 13.9 Å². The SMILES string of the molecule is CC(O)CN1CCN(c2nc3cc(F)ccc3o2)C(C)C1. The molecule has 1 aliphatic heterocycles. The highest BCUT2D eigenvalue weighted by molar-refractivity contribution is 5.74. The van der Waals surface area contributed by atoms with Gasteiger partial charge in [0.1, 0.15) is 11.3 Å². The number of anilines is 1. The van der Waals surface area contributed by atoms with Gasteiger partial charge < -0.3 is 14.4 Å².